The largest absolute Gasteiger partial charge is 0.340 e. The van der Waals surface area contributed by atoms with Crippen molar-refractivity contribution in [1.29, 1.82) is 0 Å². The van der Waals surface area contributed by atoms with E-state index in [9.17, 15) is 4.79 Å². The molecule has 3 nitrogen and oxygen atoms in total. The quantitative estimate of drug-likeness (QED) is 0.754. The molecule has 1 aromatic rings. The third-order valence-electron chi connectivity index (χ3n) is 5.17. The fourth-order valence-electron chi connectivity index (χ4n) is 3.41. The normalized spacial score (nSPS) is 19.9. The molecule has 3 rings (SSSR count). The fraction of sp³-hybridized carbons (Fsp3) is 0.632. The molecule has 0 unspecified atom stereocenters. The summed E-state index contributed by atoms with van der Waals surface area (Å²) in [5, 5.41) is 0. The predicted octanol–water partition coefficient (Wildman–Crippen LogP) is 2.95. The topological polar surface area (TPSA) is 23.6 Å². The molecule has 1 amide bonds. The number of aryl methyl sites for hydroxylation is 1. The lowest BCUT2D eigenvalue weighted by Gasteiger charge is -2.38. The van der Waals surface area contributed by atoms with Crippen LogP contribution in [0.2, 0.25) is 0 Å². The summed E-state index contributed by atoms with van der Waals surface area (Å²) < 4.78 is 0. The molecule has 0 spiro atoms. The molecule has 0 bridgehead atoms. The summed E-state index contributed by atoms with van der Waals surface area (Å²) in [6, 6.07) is 10.7. The van der Waals surface area contributed by atoms with Crippen LogP contribution in [0.15, 0.2) is 30.3 Å². The second-order valence-corrected chi connectivity index (χ2v) is 6.74. The van der Waals surface area contributed by atoms with Gasteiger partial charge in [-0.05, 0) is 44.2 Å². The standard InChI is InChI=1S/C19H28N2O/c22-19(18-10-6-11-18)21-15-13-20(14-16-21)12-5-4-9-17-7-2-1-3-8-17/h1-3,7-8,18H,4-6,9-16H2. The van der Waals surface area contributed by atoms with Gasteiger partial charge in [-0.1, -0.05) is 36.8 Å². The molecule has 0 radical (unpaired) electrons. The Labute approximate surface area is 134 Å². The molecule has 1 saturated carbocycles. The molecule has 0 aromatic heterocycles. The van der Waals surface area contributed by atoms with Gasteiger partial charge in [-0.15, -0.1) is 0 Å². The number of hydrogen-bond acceptors (Lipinski definition) is 2. The van der Waals surface area contributed by atoms with Crippen molar-refractivity contribution >= 4 is 5.91 Å². The van der Waals surface area contributed by atoms with Crippen LogP contribution < -0.4 is 0 Å². The highest BCUT2D eigenvalue weighted by atomic mass is 16.2. The first-order valence-corrected chi connectivity index (χ1v) is 8.88. The Bertz CT molecular complexity index is 462. The van der Waals surface area contributed by atoms with Gasteiger partial charge in [-0.3, -0.25) is 9.69 Å². The lowest BCUT2D eigenvalue weighted by atomic mass is 9.84. The van der Waals surface area contributed by atoms with Crippen molar-refractivity contribution in [2.75, 3.05) is 32.7 Å². The van der Waals surface area contributed by atoms with Gasteiger partial charge < -0.3 is 4.90 Å². The monoisotopic (exact) mass is 300 g/mol. The smallest absolute Gasteiger partial charge is 0.225 e. The van der Waals surface area contributed by atoms with E-state index in [1.54, 1.807) is 0 Å². The van der Waals surface area contributed by atoms with Crippen LogP contribution in [0.25, 0.3) is 0 Å². The maximum absolute atomic E-state index is 12.2. The highest BCUT2D eigenvalue weighted by Crippen LogP contribution is 2.28. The van der Waals surface area contributed by atoms with Crippen LogP contribution in [0.3, 0.4) is 0 Å². The highest BCUT2D eigenvalue weighted by Gasteiger charge is 2.30. The van der Waals surface area contributed by atoms with E-state index in [4.69, 9.17) is 0 Å². The second kappa shape index (κ2) is 7.77. The van der Waals surface area contributed by atoms with Crippen LogP contribution in [0.4, 0.5) is 0 Å². The van der Waals surface area contributed by atoms with Crippen molar-refractivity contribution in [2.45, 2.75) is 38.5 Å². The summed E-state index contributed by atoms with van der Waals surface area (Å²) in [6.45, 7) is 5.17. The van der Waals surface area contributed by atoms with Crippen molar-refractivity contribution in [3.8, 4) is 0 Å². The molecule has 120 valence electrons. The molecule has 1 saturated heterocycles. The van der Waals surface area contributed by atoms with E-state index in [-0.39, 0.29) is 0 Å². The van der Waals surface area contributed by atoms with Gasteiger partial charge in [0.2, 0.25) is 5.91 Å². The molecule has 1 aliphatic carbocycles. The number of nitrogens with zero attached hydrogens (tertiary/aromatic N) is 2. The number of carbonyl (C=O) groups is 1. The Morgan fingerprint density at radius 2 is 1.73 bits per heavy atom. The average Bonchev–Trinajstić information content (AvgIpc) is 2.51. The van der Waals surface area contributed by atoms with Gasteiger partial charge in [0, 0.05) is 32.1 Å². The van der Waals surface area contributed by atoms with E-state index in [1.165, 1.54) is 37.8 Å². The molecule has 1 aliphatic heterocycles. The summed E-state index contributed by atoms with van der Waals surface area (Å²) in [4.78, 5) is 16.8. The molecule has 0 atom stereocenters. The van der Waals surface area contributed by atoms with E-state index >= 15 is 0 Å². The van der Waals surface area contributed by atoms with Crippen molar-refractivity contribution in [3.63, 3.8) is 0 Å². The zero-order chi connectivity index (χ0) is 15.2. The molecule has 22 heavy (non-hydrogen) atoms. The SMILES string of the molecule is O=C(C1CCC1)N1CCN(CCCCc2ccccc2)CC1. The molecule has 1 aromatic carbocycles. The second-order valence-electron chi connectivity index (χ2n) is 6.74. The van der Waals surface area contributed by atoms with Gasteiger partial charge in [-0.2, -0.15) is 0 Å². The van der Waals surface area contributed by atoms with Crippen molar-refractivity contribution in [1.82, 2.24) is 9.80 Å². The number of amides is 1. The van der Waals surface area contributed by atoms with Crippen LogP contribution in [-0.4, -0.2) is 48.4 Å². The van der Waals surface area contributed by atoms with E-state index in [1.807, 2.05) is 0 Å². The van der Waals surface area contributed by atoms with Gasteiger partial charge in [-0.25, -0.2) is 0 Å². The summed E-state index contributed by atoms with van der Waals surface area (Å²) in [6.07, 6.45) is 7.19. The number of rotatable bonds is 6. The minimum Gasteiger partial charge on any atom is -0.340 e. The molecule has 0 N–H and O–H groups in total. The predicted molar refractivity (Wildman–Crippen MR) is 89.7 cm³/mol. The molecule has 1 heterocycles. The van der Waals surface area contributed by atoms with E-state index in [0.717, 1.165) is 39.0 Å². The Morgan fingerprint density at radius 1 is 1.00 bits per heavy atom. The summed E-state index contributed by atoms with van der Waals surface area (Å²) in [7, 11) is 0. The van der Waals surface area contributed by atoms with Crippen LogP contribution in [0.5, 0.6) is 0 Å². The minimum atomic E-state index is 0.359. The first-order chi connectivity index (χ1) is 10.8. The van der Waals surface area contributed by atoms with Crippen LogP contribution in [0, 0.1) is 5.92 Å². The fourth-order valence-corrected chi connectivity index (χ4v) is 3.41. The molecule has 2 aliphatic rings. The average molecular weight is 300 g/mol. The van der Waals surface area contributed by atoms with Crippen LogP contribution in [0.1, 0.15) is 37.7 Å². The van der Waals surface area contributed by atoms with Crippen LogP contribution >= 0.6 is 0 Å². The summed E-state index contributed by atoms with van der Waals surface area (Å²) >= 11 is 0. The molecular weight excluding hydrogens is 272 g/mol. The first kappa shape index (κ1) is 15.5. The molecule has 3 heteroatoms. The van der Waals surface area contributed by atoms with Gasteiger partial charge in [0.1, 0.15) is 0 Å². The van der Waals surface area contributed by atoms with E-state index in [2.05, 4.69) is 40.1 Å². The lowest BCUT2D eigenvalue weighted by Crippen LogP contribution is -2.51. The minimum absolute atomic E-state index is 0.359. The zero-order valence-electron chi connectivity index (χ0n) is 13.5. The Hall–Kier alpha value is -1.35. The number of unbranched alkanes of at least 4 members (excludes halogenated alkanes) is 1. The summed E-state index contributed by atoms with van der Waals surface area (Å²) in [5.41, 5.74) is 1.44. The maximum atomic E-state index is 12.2. The third-order valence-corrected chi connectivity index (χ3v) is 5.17. The third kappa shape index (κ3) is 4.10. The Balaban J connectivity index is 1.30. The van der Waals surface area contributed by atoms with E-state index in [0.29, 0.717) is 11.8 Å². The number of piperazine rings is 1. The van der Waals surface area contributed by atoms with Crippen molar-refractivity contribution in [3.05, 3.63) is 35.9 Å². The summed E-state index contributed by atoms with van der Waals surface area (Å²) in [5.74, 6) is 0.785. The Morgan fingerprint density at radius 3 is 2.36 bits per heavy atom. The van der Waals surface area contributed by atoms with Gasteiger partial charge >= 0.3 is 0 Å². The molecular formula is C19H28N2O. The number of carbonyl (C=O) groups excluding carboxylic acids is 1. The van der Waals surface area contributed by atoms with Crippen LogP contribution in [-0.2, 0) is 11.2 Å². The lowest BCUT2D eigenvalue weighted by molar-refractivity contribution is -0.139. The first-order valence-electron chi connectivity index (χ1n) is 8.88. The highest BCUT2D eigenvalue weighted by molar-refractivity contribution is 5.79. The maximum Gasteiger partial charge on any atom is 0.225 e. The zero-order valence-corrected chi connectivity index (χ0v) is 13.5. The number of hydrogen-bond donors (Lipinski definition) is 0. The van der Waals surface area contributed by atoms with Gasteiger partial charge in [0.05, 0.1) is 0 Å². The number of benzene rings is 1. The van der Waals surface area contributed by atoms with Crippen molar-refractivity contribution < 1.29 is 4.79 Å². The van der Waals surface area contributed by atoms with Gasteiger partial charge in [0.15, 0.2) is 0 Å². The van der Waals surface area contributed by atoms with Crippen molar-refractivity contribution in [2.24, 2.45) is 5.92 Å². The molecule has 2 fully saturated rings. The van der Waals surface area contributed by atoms with Gasteiger partial charge in [0.25, 0.3) is 0 Å². The van der Waals surface area contributed by atoms with E-state index < -0.39 is 0 Å². The Kier molecular flexibility index (Phi) is 5.49.